The first kappa shape index (κ1) is 8.82. The van der Waals surface area contributed by atoms with E-state index in [2.05, 4.69) is 0 Å². The first-order valence-corrected chi connectivity index (χ1v) is 3.91. The average molecular weight is 193 g/mol. The van der Waals surface area contributed by atoms with Crippen molar-refractivity contribution in [3.8, 4) is 0 Å². The molecular weight excluding hydrogens is 186 g/mol. The van der Waals surface area contributed by atoms with Crippen LogP contribution in [0.4, 0.5) is 4.39 Å². The fraction of sp³-hybridized carbons (Fsp3) is 0.250. The summed E-state index contributed by atoms with van der Waals surface area (Å²) in [6, 6.07) is 3.22. The van der Waals surface area contributed by atoms with Crippen molar-refractivity contribution in [2.75, 3.05) is 0 Å². The summed E-state index contributed by atoms with van der Waals surface area (Å²) >= 11 is 11.4. The van der Waals surface area contributed by atoms with Crippen LogP contribution in [0.15, 0.2) is 12.1 Å². The Kier molecular flexibility index (Phi) is 2.74. The van der Waals surface area contributed by atoms with Gasteiger partial charge in [-0.3, -0.25) is 0 Å². The number of aryl methyl sites for hydroxylation is 1. The zero-order valence-corrected chi connectivity index (χ0v) is 7.51. The molecular formula is C8H7Cl2F. The minimum Gasteiger partial charge on any atom is -0.246 e. The summed E-state index contributed by atoms with van der Waals surface area (Å²) in [5.41, 5.74) is 1.34. The van der Waals surface area contributed by atoms with Crippen molar-refractivity contribution >= 4 is 23.2 Å². The Morgan fingerprint density at radius 2 is 1.91 bits per heavy atom. The van der Waals surface area contributed by atoms with Crippen molar-refractivity contribution in [1.29, 1.82) is 0 Å². The van der Waals surface area contributed by atoms with E-state index in [4.69, 9.17) is 23.2 Å². The van der Waals surface area contributed by atoms with Gasteiger partial charge >= 0.3 is 0 Å². The molecule has 0 bridgehead atoms. The molecule has 0 aliphatic carbocycles. The Morgan fingerprint density at radius 1 is 1.27 bits per heavy atom. The van der Waals surface area contributed by atoms with Gasteiger partial charge in [0.1, 0.15) is 6.67 Å². The van der Waals surface area contributed by atoms with E-state index in [0.717, 1.165) is 5.56 Å². The minimum absolute atomic E-state index is 0.392. The first-order chi connectivity index (χ1) is 5.15. The molecule has 0 nitrogen and oxygen atoms in total. The van der Waals surface area contributed by atoms with Gasteiger partial charge in [-0.2, -0.15) is 0 Å². The highest BCUT2D eigenvalue weighted by Gasteiger charge is 2.03. The fourth-order valence-corrected chi connectivity index (χ4v) is 1.25. The average Bonchev–Trinajstić information content (AvgIpc) is 1.97. The lowest BCUT2D eigenvalue weighted by Gasteiger charge is -2.02. The monoisotopic (exact) mass is 192 g/mol. The quantitative estimate of drug-likeness (QED) is 0.636. The molecule has 0 saturated heterocycles. The molecule has 1 aromatic carbocycles. The highest BCUT2D eigenvalue weighted by Crippen LogP contribution is 2.25. The summed E-state index contributed by atoms with van der Waals surface area (Å²) in [5.74, 6) is 0. The lowest BCUT2D eigenvalue weighted by atomic mass is 10.1. The summed E-state index contributed by atoms with van der Waals surface area (Å²) in [5, 5.41) is 0.968. The molecule has 0 aliphatic rings. The van der Waals surface area contributed by atoms with Gasteiger partial charge in [0.05, 0.1) is 0 Å². The van der Waals surface area contributed by atoms with E-state index < -0.39 is 6.67 Å². The fourth-order valence-electron chi connectivity index (χ4n) is 0.819. The molecule has 0 aliphatic heterocycles. The third-order valence-corrected chi connectivity index (χ3v) is 2.23. The van der Waals surface area contributed by atoms with Gasteiger partial charge in [0.15, 0.2) is 0 Å². The molecule has 0 amide bonds. The number of rotatable bonds is 1. The van der Waals surface area contributed by atoms with Crippen LogP contribution in [0.1, 0.15) is 11.1 Å². The third-order valence-electron chi connectivity index (χ3n) is 1.47. The second kappa shape index (κ2) is 3.42. The molecule has 1 rings (SSSR count). The molecule has 0 N–H and O–H groups in total. The highest BCUT2D eigenvalue weighted by atomic mass is 35.5. The second-order valence-corrected chi connectivity index (χ2v) is 3.14. The Morgan fingerprint density at radius 3 is 2.45 bits per heavy atom. The van der Waals surface area contributed by atoms with E-state index in [1.54, 1.807) is 12.1 Å². The van der Waals surface area contributed by atoms with Gasteiger partial charge in [0.2, 0.25) is 0 Å². The van der Waals surface area contributed by atoms with Crippen LogP contribution in [-0.4, -0.2) is 0 Å². The normalized spacial score (nSPS) is 10.2. The summed E-state index contributed by atoms with van der Waals surface area (Å²) in [4.78, 5) is 0. The molecule has 0 atom stereocenters. The van der Waals surface area contributed by atoms with E-state index in [-0.39, 0.29) is 0 Å². The maximum atomic E-state index is 12.2. The van der Waals surface area contributed by atoms with Crippen molar-refractivity contribution in [3.05, 3.63) is 33.3 Å². The smallest absolute Gasteiger partial charge is 0.116 e. The molecule has 3 heteroatoms. The molecule has 0 radical (unpaired) electrons. The van der Waals surface area contributed by atoms with E-state index in [9.17, 15) is 4.39 Å². The third kappa shape index (κ3) is 1.85. The zero-order chi connectivity index (χ0) is 8.43. The first-order valence-electron chi connectivity index (χ1n) is 3.15. The van der Waals surface area contributed by atoms with E-state index in [1.807, 2.05) is 6.92 Å². The Labute approximate surface area is 74.9 Å². The molecule has 0 fully saturated rings. The largest absolute Gasteiger partial charge is 0.246 e. The molecule has 1 aromatic rings. The van der Waals surface area contributed by atoms with Crippen LogP contribution < -0.4 is 0 Å². The van der Waals surface area contributed by atoms with Gasteiger partial charge in [-0.15, -0.1) is 0 Å². The van der Waals surface area contributed by atoms with Gasteiger partial charge in [-0.25, -0.2) is 4.39 Å². The van der Waals surface area contributed by atoms with Crippen LogP contribution >= 0.6 is 23.2 Å². The van der Waals surface area contributed by atoms with Crippen LogP contribution in [-0.2, 0) is 6.67 Å². The molecule has 0 heterocycles. The zero-order valence-electron chi connectivity index (χ0n) is 6.00. The number of benzene rings is 1. The Hall–Kier alpha value is -0.270. The van der Waals surface area contributed by atoms with Crippen LogP contribution in [0.25, 0.3) is 0 Å². The Balaban J connectivity index is 3.21. The molecule has 0 saturated carbocycles. The van der Waals surface area contributed by atoms with E-state index in [0.29, 0.717) is 15.6 Å². The van der Waals surface area contributed by atoms with Crippen molar-refractivity contribution in [1.82, 2.24) is 0 Å². The standard InChI is InChI=1S/C8H7Cl2F/c1-5-2-6(4-11)8(10)3-7(5)9/h2-3H,4H2,1H3. The SMILES string of the molecule is Cc1cc(CF)c(Cl)cc1Cl. The molecule has 0 spiro atoms. The predicted molar refractivity (Wildman–Crippen MR) is 46.0 cm³/mol. The van der Waals surface area contributed by atoms with Crippen LogP contribution in [0.3, 0.4) is 0 Å². The lowest BCUT2D eigenvalue weighted by molar-refractivity contribution is 0.485. The number of halogens is 3. The summed E-state index contributed by atoms with van der Waals surface area (Å²) in [6.45, 7) is 1.27. The van der Waals surface area contributed by atoms with Crippen molar-refractivity contribution in [3.63, 3.8) is 0 Å². The summed E-state index contributed by atoms with van der Waals surface area (Å²) in [6.07, 6.45) is 0. The molecule has 0 unspecified atom stereocenters. The maximum Gasteiger partial charge on any atom is 0.116 e. The number of alkyl halides is 1. The van der Waals surface area contributed by atoms with Gasteiger partial charge < -0.3 is 0 Å². The number of hydrogen-bond donors (Lipinski definition) is 0. The molecule has 0 aromatic heterocycles. The Bertz CT molecular complexity index is 271. The predicted octanol–water partition coefficient (Wildman–Crippen LogP) is 3.77. The summed E-state index contributed by atoms with van der Waals surface area (Å²) in [7, 11) is 0. The van der Waals surface area contributed by atoms with E-state index in [1.165, 1.54) is 0 Å². The topological polar surface area (TPSA) is 0 Å². The van der Waals surface area contributed by atoms with Gasteiger partial charge in [-0.1, -0.05) is 29.3 Å². The molecule has 60 valence electrons. The van der Waals surface area contributed by atoms with Gasteiger partial charge in [0, 0.05) is 15.6 Å². The van der Waals surface area contributed by atoms with Crippen molar-refractivity contribution < 1.29 is 4.39 Å². The second-order valence-electron chi connectivity index (χ2n) is 2.33. The molecule has 11 heavy (non-hydrogen) atoms. The van der Waals surface area contributed by atoms with Crippen molar-refractivity contribution in [2.45, 2.75) is 13.6 Å². The van der Waals surface area contributed by atoms with E-state index >= 15 is 0 Å². The van der Waals surface area contributed by atoms with Crippen LogP contribution in [0.2, 0.25) is 10.0 Å². The maximum absolute atomic E-state index is 12.2. The number of hydrogen-bond acceptors (Lipinski definition) is 0. The van der Waals surface area contributed by atoms with Crippen LogP contribution in [0, 0.1) is 6.92 Å². The minimum atomic E-state index is -0.545. The van der Waals surface area contributed by atoms with Gasteiger partial charge in [-0.05, 0) is 18.6 Å². The van der Waals surface area contributed by atoms with Crippen LogP contribution in [0.5, 0.6) is 0 Å². The highest BCUT2D eigenvalue weighted by molar-refractivity contribution is 6.35. The van der Waals surface area contributed by atoms with Gasteiger partial charge in [0.25, 0.3) is 0 Å². The summed E-state index contributed by atoms with van der Waals surface area (Å²) < 4.78 is 12.2. The van der Waals surface area contributed by atoms with Crippen molar-refractivity contribution in [2.24, 2.45) is 0 Å². The lowest BCUT2D eigenvalue weighted by Crippen LogP contribution is -1.83.